The van der Waals surface area contributed by atoms with Gasteiger partial charge in [0.2, 0.25) is 0 Å². The van der Waals surface area contributed by atoms with E-state index in [9.17, 15) is 5.11 Å². The maximum Gasteiger partial charge on any atom is 0.0931 e. The largest absolute Gasteiger partial charge is 0.396 e. The minimum absolute atomic E-state index is 0.264. The minimum Gasteiger partial charge on any atom is -0.396 e. The number of rotatable bonds is 6. The van der Waals surface area contributed by atoms with Gasteiger partial charge in [-0.05, 0) is 18.3 Å². The van der Waals surface area contributed by atoms with Gasteiger partial charge in [-0.3, -0.25) is 0 Å². The molecular formula is C12H21NOS. The molecule has 0 bridgehead atoms. The Kier molecular flexibility index (Phi) is 5.26. The highest BCUT2D eigenvalue weighted by Crippen LogP contribution is 2.20. The molecule has 2 nitrogen and oxygen atoms in total. The first-order valence-corrected chi connectivity index (χ1v) is 6.59. The van der Waals surface area contributed by atoms with Crippen LogP contribution in [0.25, 0.3) is 0 Å². The lowest BCUT2D eigenvalue weighted by atomic mass is 9.94. The third kappa shape index (κ3) is 3.92. The van der Waals surface area contributed by atoms with Gasteiger partial charge >= 0.3 is 0 Å². The SMILES string of the molecule is CCCc1csc(CC(CO)C(C)C)n1. The topological polar surface area (TPSA) is 33.1 Å². The number of nitrogens with zero attached hydrogens (tertiary/aromatic N) is 1. The van der Waals surface area contributed by atoms with Crippen LogP contribution < -0.4 is 0 Å². The van der Waals surface area contributed by atoms with Crippen molar-refractivity contribution in [1.29, 1.82) is 0 Å². The van der Waals surface area contributed by atoms with E-state index in [1.165, 1.54) is 10.7 Å². The van der Waals surface area contributed by atoms with Crippen LogP contribution >= 0.6 is 11.3 Å². The second kappa shape index (κ2) is 6.23. The summed E-state index contributed by atoms with van der Waals surface area (Å²) in [5, 5.41) is 12.6. The number of hydrogen-bond acceptors (Lipinski definition) is 3. The first-order chi connectivity index (χ1) is 7.17. The number of aromatic nitrogens is 1. The summed E-state index contributed by atoms with van der Waals surface area (Å²) in [6.45, 7) is 6.74. The summed E-state index contributed by atoms with van der Waals surface area (Å²) < 4.78 is 0. The van der Waals surface area contributed by atoms with Gasteiger partial charge in [0.25, 0.3) is 0 Å². The number of aliphatic hydroxyl groups is 1. The van der Waals surface area contributed by atoms with Gasteiger partial charge in [0.1, 0.15) is 0 Å². The Morgan fingerprint density at radius 2 is 2.20 bits per heavy atom. The minimum atomic E-state index is 0.264. The Balaban J connectivity index is 2.55. The molecule has 1 heterocycles. The van der Waals surface area contributed by atoms with Crippen molar-refractivity contribution >= 4 is 11.3 Å². The van der Waals surface area contributed by atoms with Crippen LogP contribution in [0, 0.1) is 11.8 Å². The zero-order chi connectivity index (χ0) is 11.3. The van der Waals surface area contributed by atoms with E-state index in [0.29, 0.717) is 11.8 Å². The van der Waals surface area contributed by atoms with E-state index in [4.69, 9.17) is 0 Å². The zero-order valence-corrected chi connectivity index (χ0v) is 10.7. The van der Waals surface area contributed by atoms with Crippen molar-refractivity contribution in [3.05, 3.63) is 16.1 Å². The number of thiazole rings is 1. The molecule has 86 valence electrons. The van der Waals surface area contributed by atoms with Crippen LogP contribution in [0.4, 0.5) is 0 Å². The average Bonchev–Trinajstić information content (AvgIpc) is 2.62. The predicted molar refractivity (Wildman–Crippen MR) is 65.2 cm³/mol. The lowest BCUT2D eigenvalue weighted by Gasteiger charge is -2.16. The smallest absolute Gasteiger partial charge is 0.0931 e. The Morgan fingerprint density at radius 3 is 2.73 bits per heavy atom. The first kappa shape index (κ1) is 12.7. The summed E-state index contributed by atoms with van der Waals surface area (Å²) in [4.78, 5) is 4.58. The van der Waals surface area contributed by atoms with Crippen LogP contribution in [-0.4, -0.2) is 16.7 Å². The van der Waals surface area contributed by atoms with E-state index in [2.05, 4.69) is 31.1 Å². The van der Waals surface area contributed by atoms with Crippen molar-refractivity contribution in [3.63, 3.8) is 0 Å². The van der Waals surface area contributed by atoms with Crippen molar-refractivity contribution in [2.45, 2.75) is 40.0 Å². The monoisotopic (exact) mass is 227 g/mol. The normalized spacial score (nSPS) is 13.4. The van der Waals surface area contributed by atoms with E-state index < -0.39 is 0 Å². The molecule has 1 unspecified atom stereocenters. The average molecular weight is 227 g/mol. The molecule has 0 amide bonds. The number of hydrogen-bond donors (Lipinski definition) is 1. The summed E-state index contributed by atoms with van der Waals surface area (Å²) in [5.74, 6) is 0.874. The fourth-order valence-corrected chi connectivity index (χ4v) is 2.47. The molecule has 1 atom stereocenters. The predicted octanol–water partition coefficient (Wildman–Crippen LogP) is 2.90. The number of aliphatic hydroxyl groups excluding tert-OH is 1. The molecular weight excluding hydrogens is 206 g/mol. The molecule has 1 aromatic heterocycles. The standard InChI is InChI=1S/C12H21NOS/c1-4-5-11-8-15-12(13-11)6-10(7-14)9(2)3/h8-10,14H,4-7H2,1-3H3. The van der Waals surface area contributed by atoms with E-state index in [1.54, 1.807) is 11.3 Å². The van der Waals surface area contributed by atoms with Crippen LogP contribution in [0.1, 0.15) is 37.9 Å². The van der Waals surface area contributed by atoms with Gasteiger partial charge in [-0.25, -0.2) is 4.98 Å². The molecule has 0 aliphatic heterocycles. The van der Waals surface area contributed by atoms with Crippen molar-refractivity contribution in [1.82, 2.24) is 4.98 Å². The van der Waals surface area contributed by atoms with Crippen LogP contribution in [0.5, 0.6) is 0 Å². The Morgan fingerprint density at radius 1 is 1.47 bits per heavy atom. The lowest BCUT2D eigenvalue weighted by molar-refractivity contribution is 0.189. The quantitative estimate of drug-likeness (QED) is 0.810. The Hall–Kier alpha value is -0.410. The van der Waals surface area contributed by atoms with Gasteiger partial charge in [0.05, 0.1) is 10.7 Å². The summed E-state index contributed by atoms with van der Waals surface area (Å²) in [5.41, 5.74) is 1.21. The number of aryl methyl sites for hydroxylation is 1. The lowest BCUT2D eigenvalue weighted by Crippen LogP contribution is -2.16. The summed E-state index contributed by atoms with van der Waals surface area (Å²) >= 11 is 1.73. The van der Waals surface area contributed by atoms with Gasteiger partial charge in [-0.15, -0.1) is 11.3 Å². The molecule has 1 rings (SSSR count). The van der Waals surface area contributed by atoms with Crippen LogP contribution in [0.3, 0.4) is 0 Å². The Labute approximate surface area is 96.4 Å². The van der Waals surface area contributed by atoms with Crippen molar-refractivity contribution in [3.8, 4) is 0 Å². The second-order valence-corrected chi connectivity index (χ2v) is 5.32. The molecule has 0 saturated carbocycles. The summed E-state index contributed by atoms with van der Waals surface area (Å²) in [6.07, 6.45) is 3.14. The van der Waals surface area contributed by atoms with Crippen LogP contribution in [0.2, 0.25) is 0 Å². The molecule has 0 radical (unpaired) electrons. The van der Waals surface area contributed by atoms with Crippen LogP contribution in [0.15, 0.2) is 5.38 Å². The van der Waals surface area contributed by atoms with Gasteiger partial charge < -0.3 is 5.11 Å². The Bertz CT molecular complexity index is 283. The van der Waals surface area contributed by atoms with Crippen molar-refractivity contribution < 1.29 is 5.11 Å². The molecule has 15 heavy (non-hydrogen) atoms. The highest BCUT2D eigenvalue weighted by atomic mass is 32.1. The van der Waals surface area contributed by atoms with Gasteiger partial charge in [-0.2, -0.15) is 0 Å². The van der Waals surface area contributed by atoms with E-state index in [0.717, 1.165) is 19.3 Å². The molecule has 1 aromatic rings. The molecule has 0 saturated heterocycles. The maximum atomic E-state index is 9.24. The van der Waals surface area contributed by atoms with Crippen molar-refractivity contribution in [2.75, 3.05) is 6.61 Å². The van der Waals surface area contributed by atoms with Gasteiger partial charge in [0.15, 0.2) is 0 Å². The van der Waals surface area contributed by atoms with E-state index in [-0.39, 0.29) is 6.61 Å². The molecule has 3 heteroatoms. The summed E-state index contributed by atoms with van der Waals surface area (Å²) in [6, 6.07) is 0. The maximum absolute atomic E-state index is 9.24. The molecule has 0 aliphatic carbocycles. The van der Waals surface area contributed by atoms with E-state index in [1.807, 2.05) is 0 Å². The second-order valence-electron chi connectivity index (χ2n) is 4.37. The zero-order valence-electron chi connectivity index (χ0n) is 9.86. The first-order valence-electron chi connectivity index (χ1n) is 5.71. The van der Waals surface area contributed by atoms with Crippen LogP contribution in [-0.2, 0) is 12.8 Å². The molecule has 0 aliphatic rings. The fourth-order valence-electron chi connectivity index (χ4n) is 1.55. The molecule has 0 aromatic carbocycles. The van der Waals surface area contributed by atoms with Gasteiger partial charge in [-0.1, -0.05) is 27.2 Å². The van der Waals surface area contributed by atoms with Gasteiger partial charge in [0, 0.05) is 18.4 Å². The summed E-state index contributed by atoms with van der Waals surface area (Å²) in [7, 11) is 0. The van der Waals surface area contributed by atoms with Crippen molar-refractivity contribution in [2.24, 2.45) is 11.8 Å². The third-order valence-corrected chi connectivity index (χ3v) is 3.64. The highest BCUT2D eigenvalue weighted by molar-refractivity contribution is 7.09. The molecule has 0 spiro atoms. The third-order valence-electron chi connectivity index (χ3n) is 2.72. The molecule has 0 fully saturated rings. The van der Waals surface area contributed by atoms with E-state index >= 15 is 0 Å². The highest BCUT2D eigenvalue weighted by Gasteiger charge is 2.14. The molecule has 1 N–H and O–H groups in total. The fraction of sp³-hybridized carbons (Fsp3) is 0.750.